The predicted molar refractivity (Wildman–Crippen MR) is 106 cm³/mol. The van der Waals surface area contributed by atoms with Gasteiger partial charge >= 0.3 is 12.2 Å². The van der Waals surface area contributed by atoms with Crippen molar-refractivity contribution in [1.82, 2.24) is 9.80 Å². The normalized spacial score (nSPS) is 15.2. The quantitative estimate of drug-likeness (QED) is 0.803. The number of hydrogen-bond donors (Lipinski definition) is 1. The number of piperidine rings is 1. The first-order valence-electron chi connectivity index (χ1n) is 9.86. The second-order valence-electron chi connectivity index (χ2n) is 8.01. The Morgan fingerprint density at radius 3 is 2.39 bits per heavy atom. The number of carbonyl (C=O) groups excluding carboxylic acids is 2. The van der Waals surface area contributed by atoms with Crippen molar-refractivity contribution >= 4 is 12.2 Å². The summed E-state index contributed by atoms with van der Waals surface area (Å²) in [5.74, 6) is 0. The van der Waals surface area contributed by atoms with Crippen LogP contribution < -0.4 is 0 Å². The van der Waals surface area contributed by atoms with E-state index < -0.39 is 5.60 Å². The van der Waals surface area contributed by atoms with Gasteiger partial charge in [-0.3, -0.25) is 0 Å². The molecule has 7 nitrogen and oxygen atoms in total. The van der Waals surface area contributed by atoms with Gasteiger partial charge in [0, 0.05) is 32.3 Å². The topological polar surface area (TPSA) is 79.3 Å². The van der Waals surface area contributed by atoms with Crippen molar-refractivity contribution in [2.75, 3.05) is 26.2 Å². The number of carbonyl (C=O) groups is 2. The zero-order chi connectivity index (χ0) is 20.6. The van der Waals surface area contributed by atoms with E-state index >= 15 is 0 Å². The van der Waals surface area contributed by atoms with Crippen LogP contribution in [-0.4, -0.2) is 65.0 Å². The number of rotatable bonds is 6. The van der Waals surface area contributed by atoms with Crippen LogP contribution in [0.15, 0.2) is 30.3 Å². The van der Waals surface area contributed by atoms with Gasteiger partial charge in [-0.2, -0.15) is 0 Å². The summed E-state index contributed by atoms with van der Waals surface area (Å²) in [6.07, 6.45) is 1.11. The van der Waals surface area contributed by atoms with Crippen molar-refractivity contribution in [3.8, 4) is 0 Å². The Hall–Kier alpha value is -2.28. The molecular weight excluding hydrogens is 360 g/mol. The molecule has 2 rings (SSSR count). The molecule has 0 aliphatic carbocycles. The third-order valence-corrected chi connectivity index (χ3v) is 4.55. The van der Waals surface area contributed by atoms with Gasteiger partial charge < -0.3 is 24.4 Å². The van der Waals surface area contributed by atoms with Gasteiger partial charge in [0.05, 0.1) is 0 Å². The lowest BCUT2D eigenvalue weighted by molar-refractivity contribution is 0.0130. The summed E-state index contributed by atoms with van der Waals surface area (Å²) in [6.45, 7) is 7.25. The first kappa shape index (κ1) is 22.0. The number of likely N-dealkylation sites (tertiary alicyclic amines) is 1. The van der Waals surface area contributed by atoms with Gasteiger partial charge in [0.2, 0.25) is 0 Å². The van der Waals surface area contributed by atoms with Gasteiger partial charge in [-0.15, -0.1) is 0 Å². The molecule has 7 heteroatoms. The number of benzene rings is 1. The highest BCUT2D eigenvalue weighted by atomic mass is 16.6. The molecule has 0 unspecified atom stereocenters. The molecule has 1 N–H and O–H groups in total. The molecule has 1 aromatic rings. The van der Waals surface area contributed by atoms with E-state index in [1.807, 2.05) is 51.1 Å². The molecule has 0 spiro atoms. The summed E-state index contributed by atoms with van der Waals surface area (Å²) in [5.41, 5.74) is 0.403. The largest absolute Gasteiger partial charge is 0.445 e. The fourth-order valence-corrected chi connectivity index (χ4v) is 3.15. The number of aliphatic hydroxyl groups is 1. The molecule has 1 heterocycles. The lowest BCUT2D eigenvalue weighted by Crippen LogP contribution is -2.50. The highest BCUT2D eigenvalue weighted by molar-refractivity contribution is 5.69. The van der Waals surface area contributed by atoms with Crippen LogP contribution in [0, 0.1) is 0 Å². The van der Waals surface area contributed by atoms with Crippen molar-refractivity contribution in [1.29, 1.82) is 0 Å². The minimum absolute atomic E-state index is 0.0131. The molecule has 1 aliphatic rings. The zero-order valence-electron chi connectivity index (χ0n) is 17.1. The van der Waals surface area contributed by atoms with Crippen molar-refractivity contribution < 1.29 is 24.2 Å². The molecule has 1 aliphatic heterocycles. The standard InChI is InChI=1S/C21H32N2O5/c1-21(2,3)28-19(25)22-13-10-18(11-14-22)23(12-7-15-24)20(26)27-16-17-8-5-4-6-9-17/h4-6,8-9,18,24H,7,10-16H2,1-3H3. The van der Waals surface area contributed by atoms with Crippen molar-refractivity contribution in [3.63, 3.8) is 0 Å². The van der Waals surface area contributed by atoms with Gasteiger partial charge in [0.25, 0.3) is 0 Å². The molecule has 28 heavy (non-hydrogen) atoms. The van der Waals surface area contributed by atoms with Crippen molar-refractivity contribution in [2.45, 2.75) is 58.3 Å². The summed E-state index contributed by atoms with van der Waals surface area (Å²) in [5, 5.41) is 9.18. The van der Waals surface area contributed by atoms with Crippen LogP contribution in [0.3, 0.4) is 0 Å². The van der Waals surface area contributed by atoms with Crippen LogP contribution in [0.2, 0.25) is 0 Å². The Kier molecular flexibility index (Phi) is 8.11. The summed E-state index contributed by atoms with van der Waals surface area (Å²) in [4.78, 5) is 28.2. The monoisotopic (exact) mass is 392 g/mol. The van der Waals surface area contributed by atoms with Crippen LogP contribution in [0.25, 0.3) is 0 Å². The lowest BCUT2D eigenvalue weighted by atomic mass is 10.0. The summed E-state index contributed by atoms with van der Waals surface area (Å²) < 4.78 is 10.9. The third-order valence-electron chi connectivity index (χ3n) is 4.55. The number of aliphatic hydroxyl groups excluding tert-OH is 1. The van der Waals surface area contributed by atoms with Crippen LogP contribution >= 0.6 is 0 Å². The Morgan fingerprint density at radius 2 is 1.82 bits per heavy atom. The first-order valence-corrected chi connectivity index (χ1v) is 9.86. The summed E-state index contributed by atoms with van der Waals surface area (Å²) in [6, 6.07) is 9.51. The average Bonchev–Trinajstić information content (AvgIpc) is 2.66. The Labute approximate surface area is 167 Å². The van der Waals surface area contributed by atoms with E-state index in [0.717, 1.165) is 5.56 Å². The van der Waals surface area contributed by atoms with Crippen molar-refractivity contribution in [2.24, 2.45) is 0 Å². The van der Waals surface area contributed by atoms with E-state index in [1.54, 1.807) is 9.80 Å². The molecule has 2 amide bonds. The molecular formula is C21H32N2O5. The third kappa shape index (κ3) is 7.03. The second kappa shape index (κ2) is 10.3. The van der Waals surface area contributed by atoms with Crippen LogP contribution in [0.1, 0.15) is 45.6 Å². The first-order chi connectivity index (χ1) is 13.3. The molecule has 0 saturated carbocycles. The molecule has 1 fully saturated rings. The van der Waals surface area contributed by atoms with E-state index in [0.29, 0.717) is 38.9 Å². The van der Waals surface area contributed by atoms with Gasteiger partial charge in [0.1, 0.15) is 12.2 Å². The molecule has 0 atom stereocenters. The molecule has 1 saturated heterocycles. The smallest absolute Gasteiger partial charge is 0.410 e. The Morgan fingerprint density at radius 1 is 1.18 bits per heavy atom. The highest BCUT2D eigenvalue weighted by Gasteiger charge is 2.32. The minimum atomic E-state index is -0.525. The minimum Gasteiger partial charge on any atom is -0.445 e. The average molecular weight is 392 g/mol. The maximum Gasteiger partial charge on any atom is 0.410 e. The Balaban J connectivity index is 1.90. The maximum atomic E-state index is 12.6. The van der Waals surface area contributed by atoms with Crippen LogP contribution in [0.4, 0.5) is 9.59 Å². The molecule has 1 aromatic carbocycles. The molecule has 0 radical (unpaired) electrons. The SMILES string of the molecule is CC(C)(C)OC(=O)N1CCC(N(CCCO)C(=O)OCc2ccccc2)CC1. The number of ether oxygens (including phenoxy) is 2. The Bertz CT molecular complexity index is 621. The fourth-order valence-electron chi connectivity index (χ4n) is 3.15. The van der Waals surface area contributed by atoms with E-state index in [9.17, 15) is 14.7 Å². The molecule has 0 aromatic heterocycles. The van der Waals surface area contributed by atoms with E-state index in [4.69, 9.17) is 9.47 Å². The van der Waals surface area contributed by atoms with E-state index in [1.165, 1.54) is 0 Å². The number of amides is 2. The molecule has 156 valence electrons. The van der Waals surface area contributed by atoms with E-state index in [2.05, 4.69) is 0 Å². The fraction of sp³-hybridized carbons (Fsp3) is 0.619. The van der Waals surface area contributed by atoms with Gasteiger partial charge in [-0.05, 0) is 45.6 Å². The van der Waals surface area contributed by atoms with Crippen LogP contribution in [-0.2, 0) is 16.1 Å². The van der Waals surface area contributed by atoms with Gasteiger partial charge in [-0.1, -0.05) is 30.3 Å². The lowest BCUT2D eigenvalue weighted by Gasteiger charge is -2.38. The number of hydrogen-bond acceptors (Lipinski definition) is 5. The number of nitrogens with zero attached hydrogens (tertiary/aromatic N) is 2. The van der Waals surface area contributed by atoms with Crippen molar-refractivity contribution in [3.05, 3.63) is 35.9 Å². The maximum absolute atomic E-state index is 12.6. The summed E-state index contributed by atoms with van der Waals surface area (Å²) in [7, 11) is 0. The highest BCUT2D eigenvalue weighted by Crippen LogP contribution is 2.20. The molecule has 0 bridgehead atoms. The summed E-state index contributed by atoms with van der Waals surface area (Å²) >= 11 is 0. The van der Waals surface area contributed by atoms with E-state index in [-0.39, 0.29) is 31.4 Å². The van der Waals surface area contributed by atoms with Crippen LogP contribution in [0.5, 0.6) is 0 Å². The predicted octanol–water partition coefficient (Wildman–Crippen LogP) is 3.41. The zero-order valence-corrected chi connectivity index (χ0v) is 17.1. The second-order valence-corrected chi connectivity index (χ2v) is 8.01. The van der Waals surface area contributed by atoms with Gasteiger partial charge in [-0.25, -0.2) is 9.59 Å². The van der Waals surface area contributed by atoms with Gasteiger partial charge in [0.15, 0.2) is 0 Å².